The fourth-order valence-corrected chi connectivity index (χ4v) is 1.81. The quantitative estimate of drug-likeness (QED) is 0.909. The number of para-hydroxylation sites is 1. The average Bonchev–Trinajstić information content (AvgIpc) is 2.47. The van der Waals surface area contributed by atoms with Crippen LogP contribution in [0.25, 0.3) is 0 Å². The molecule has 0 heterocycles. The van der Waals surface area contributed by atoms with Gasteiger partial charge in [-0.05, 0) is 24.6 Å². The van der Waals surface area contributed by atoms with E-state index in [1.165, 1.54) is 12.1 Å². The Balaban J connectivity index is 1.86. The topological polar surface area (TPSA) is 38.3 Å². The molecule has 0 spiro atoms. The largest absolute Gasteiger partial charge is 0.481 e. The van der Waals surface area contributed by atoms with E-state index in [9.17, 15) is 9.18 Å². The first-order valence-corrected chi connectivity index (χ1v) is 6.38. The van der Waals surface area contributed by atoms with Gasteiger partial charge in [-0.15, -0.1) is 0 Å². The van der Waals surface area contributed by atoms with Crippen LogP contribution in [0, 0.1) is 5.82 Å². The van der Waals surface area contributed by atoms with Crippen molar-refractivity contribution in [3.8, 4) is 5.75 Å². The number of benzene rings is 2. The second kappa shape index (κ2) is 6.70. The Morgan fingerprint density at radius 2 is 1.80 bits per heavy atom. The van der Waals surface area contributed by atoms with Crippen LogP contribution in [0.4, 0.5) is 4.39 Å². The number of carbonyl (C=O) groups excluding carboxylic acids is 1. The number of halogens is 1. The molecule has 0 bridgehead atoms. The van der Waals surface area contributed by atoms with Crippen molar-refractivity contribution in [1.29, 1.82) is 0 Å². The highest BCUT2D eigenvalue weighted by molar-refractivity contribution is 5.78. The lowest BCUT2D eigenvalue weighted by atomic mass is 10.1. The Morgan fingerprint density at radius 3 is 2.50 bits per heavy atom. The highest BCUT2D eigenvalue weighted by Gasteiger charge is 2.10. The summed E-state index contributed by atoms with van der Waals surface area (Å²) in [6.07, 6.45) is 0. The maximum Gasteiger partial charge on any atom is 0.258 e. The normalized spacial score (nSPS) is 11.7. The molecule has 1 amide bonds. The number of carbonyl (C=O) groups is 1. The van der Waals surface area contributed by atoms with Gasteiger partial charge in [0.05, 0.1) is 6.04 Å². The molecule has 104 valence electrons. The Bertz CT molecular complexity index is 572. The summed E-state index contributed by atoms with van der Waals surface area (Å²) in [6.45, 7) is 1.68. The van der Waals surface area contributed by atoms with Crippen molar-refractivity contribution in [1.82, 2.24) is 5.32 Å². The summed E-state index contributed by atoms with van der Waals surface area (Å²) < 4.78 is 18.5. The second-order valence-electron chi connectivity index (χ2n) is 4.42. The molecule has 0 aromatic heterocycles. The van der Waals surface area contributed by atoms with Crippen molar-refractivity contribution in [3.63, 3.8) is 0 Å². The number of ether oxygens (including phenoxy) is 1. The monoisotopic (exact) mass is 273 g/mol. The van der Waals surface area contributed by atoms with Crippen molar-refractivity contribution in [2.24, 2.45) is 0 Å². The number of hydrogen-bond acceptors (Lipinski definition) is 2. The van der Waals surface area contributed by atoms with Gasteiger partial charge in [0.2, 0.25) is 0 Å². The predicted octanol–water partition coefficient (Wildman–Crippen LogP) is 3.08. The van der Waals surface area contributed by atoms with Gasteiger partial charge < -0.3 is 10.1 Å². The van der Waals surface area contributed by atoms with E-state index in [1.807, 2.05) is 37.3 Å². The third kappa shape index (κ3) is 3.82. The molecule has 0 aliphatic carbocycles. The summed E-state index contributed by atoms with van der Waals surface area (Å²) in [5.74, 6) is -0.684. The highest BCUT2D eigenvalue weighted by Crippen LogP contribution is 2.15. The Morgan fingerprint density at radius 1 is 1.15 bits per heavy atom. The first kappa shape index (κ1) is 14.1. The molecular weight excluding hydrogens is 257 g/mol. The minimum absolute atomic E-state index is 0.0787. The maximum atomic E-state index is 13.3. The van der Waals surface area contributed by atoms with Crippen molar-refractivity contribution in [3.05, 3.63) is 66.0 Å². The van der Waals surface area contributed by atoms with Crippen molar-refractivity contribution < 1.29 is 13.9 Å². The van der Waals surface area contributed by atoms with E-state index in [0.29, 0.717) is 0 Å². The third-order valence-corrected chi connectivity index (χ3v) is 2.87. The zero-order valence-electron chi connectivity index (χ0n) is 11.2. The van der Waals surface area contributed by atoms with Crippen LogP contribution in [-0.2, 0) is 4.79 Å². The van der Waals surface area contributed by atoms with Crippen LogP contribution in [0.15, 0.2) is 54.6 Å². The first-order valence-electron chi connectivity index (χ1n) is 6.38. The molecule has 0 aliphatic rings. The summed E-state index contributed by atoms with van der Waals surface area (Å²) in [6, 6.07) is 15.5. The molecular formula is C16H16FNO2. The molecule has 0 saturated heterocycles. The number of amides is 1. The molecule has 3 nitrogen and oxygen atoms in total. The van der Waals surface area contributed by atoms with Gasteiger partial charge >= 0.3 is 0 Å². The Hall–Kier alpha value is -2.36. The minimum Gasteiger partial charge on any atom is -0.481 e. The molecule has 0 unspecified atom stereocenters. The summed E-state index contributed by atoms with van der Waals surface area (Å²) in [4.78, 5) is 11.8. The van der Waals surface area contributed by atoms with Gasteiger partial charge in [0.15, 0.2) is 18.2 Å². The van der Waals surface area contributed by atoms with E-state index in [0.717, 1.165) is 5.56 Å². The summed E-state index contributed by atoms with van der Waals surface area (Å²) >= 11 is 0. The van der Waals surface area contributed by atoms with Crippen LogP contribution < -0.4 is 10.1 Å². The molecule has 1 atom stereocenters. The van der Waals surface area contributed by atoms with Gasteiger partial charge in [-0.1, -0.05) is 42.5 Å². The lowest BCUT2D eigenvalue weighted by molar-refractivity contribution is -0.123. The van der Waals surface area contributed by atoms with Gasteiger partial charge in [-0.2, -0.15) is 0 Å². The molecule has 0 fully saturated rings. The van der Waals surface area contributed by atoms with Crippen LogP contribution in [-0.4, -0.2) is 12.5 Å². The Labute approximate surface area is 117 Å². The molecule has 1 N–H and O–H groups in total. The molecule has 2 aromatic rings. The SMILES string of the molecule is C[C@@H](NC(=O)COc1ccccc1F)c1ccccc1. The van der Waals surface area contributed by atoms with Gasteiger partial charge in [-0.3, -0.25) is 4.79 Å². The summed E-state index contributed by atoms with van der Waals surface area (Å²) in [5, 5.41) is 2.80. The average molecular weight is 273 g/mol. The fourth-order valence-electron chi connectivity index (χ4n) is 1.81. The van der Waals surface area contributed by atoms with Gasteiger partial charge in [0.25, 0.3) is 5.91 Å². The fraction of sp³-hybridized carbons (Fsp3) is 0.188. The Kier molecular flexibility index (Phi) is 4.71. The van der Waals surface area contributed by atoms with Crippen LogP contribution in [0.2, 0.25) is 0 Å². The van der Waals surface area contributed by atoms with Crippen LogP contribution in [0.1, 0.15) is 18.5 Å². The van der Waals surface area contributed by atoms with Crippen molar-refractivity contribution in [2.45, 2.75) is 13.0 Å². The van der Waals surface area contributed by atoms with Crippen LogP contribution in [0.3, 0.4) is 0 Å². The van der Waals surface area contributed by atoms with E-state index in [-0.39, 0.29) is 24.3 Å². The summed E-state index contributed by atoms with van der Waals surface area (Å²) in [5.41, 5.74) is 1.01. The van der Waals surface area contributed by atoms with Crippen molar-refractivity contribution in [2.75, 3.05) is 6.61 Å². The van der Waals surface area contributed by atoms with Crippen molar-refractivity contribution >= 4 is 5.91 Å². The molecule has 2 rings (SSSR count). The molecule has 4 heteroatoms. The van der Waals surface area contributed by atoms with Gasteiger partial charge in [0.1, 0.15) is 0 Å². The second-order valence-corrected chi connectivity index (χ2v) is 4.42. The van der Waals surface area contributed by atoms with E-state index >= 15 is 0 Å². The predicted molar refractivity (Wildman–Crippen MR) is 74.9 cm³/mol. The van der Waals surface area contributed by atoms with E-state index in [2.05, 4.69) is 5.32 Å². The van der Waals surface area contributed by atoms with Gasteiger partial charge in [-0.25, -0.2) is 4.39 Å². The lowest BCUT2D eigenvalue weighted by Gasteiger charge is -2.14. The first-order chi connectivity index (χ1) is 9.66. The van der Waals surface area contributed by atoms with Crippen LogP contribution >= 0.6 is 0 Å². The third-order valence-electron chi connectivity index (χ3n) is 2.87. The number of hydrogen-bond donors (Lipinski definition) is 1. The van der Waals surface area contributed by atoms with E-state index in [1.54, 1.807) is 12.1 Å². The maximum absolute atomic E-state index is 13.3. The summed E-state index contributed by atoms with van der Waals surface area (Å²) in [7, 11) is 0. The molecule has 0 saturated carbocycles. The molecule has 2 aromatic carbocycles. The minimum atomic E-state index is -0.476. The zero-order valence-corrected chi connectivity index (χ0v) is 11.2. The number of nitrogens with one attached hydrogen (secondary N) is 1. The van der Waals surface area contributed by atoms with E-state index < -0.39 is 5.82 Å². The number of rotatable bonds is 5. The van der Waals surface area contributed by atoms with E-state index in [4.69, 9.17) is 4.74 Å². The highest BCUT2D eigenvalue weighted by atomic mass is 19.1. The van der Waals surface area contributed by atoms with Crippen LogP contribution in [0.5, 0.6) is 5.75 Å². The molecule has 0 radical (unpaired) electrons. The smallest absolute Gasteiger partial charge is 0.258 e. The molecule has 0 aliphatic heterocycles. The molecule has 20 heavy (non-hydrogen) atoms. The van der Waals surface area contributed by atoms with Gasteiger partial charge in [0, 0.05) is 0 Å². The lowest BCUT2D eigenvalue weighted by Crippen LogP contribution is -2.31. The standard InChI is InChI=1S/C16H16FNO2/c1-12(13-7-3-2-4-8-13)18-16(19)11-20-15-10-6-5-9-14(15)17/h2-10,12H,11H2,1H3,(H,18,19)/t12-/m1/s1. The zero-order chi connectivity index (χ0) is 14.4.